The van der Waals surface area contributed by atoms with Crippen molar-refractivity contribution in [2.75, 3.05) is 54.0 Å². The van der Waals surface area contributed by atoms with Crippen molar-refractivity contribution >= 4 is 17.7 Å². The molecule has 35 heavy (non-hydrogen) atoms. The fourth-order valence-corrected chi connectivity index (χ4v) is 4.19. The second-order valence-corrected chi connectivity index (χ2v) is 8.33. The number of aryl methyl sites for hydroxylation is 1. The lowest BCUT2D eigenvalue weighted by molar-refractivity contribution is -0.137. The van der Waals surface area contributed by atoms with Crippen LogP contribution < -0.4 is 14.7 Å². The third-order valence-electron chi connectivity index (χ3n) is 6.21. The first-order chi connectivity index (χ1) is 16.8. The van der Waals surface area contributed by atoms with Gasteiger partial charge in [-0.2, -0.15) is 28.1 Å². The molecule has 1 fully saturated rings. The Morgan fingerprint density at radius 3 is 2.26 bits per heavy atom. The van der Waals surface area contributed by atoms with E-state index >= 15 is 0 Å². The molecule has 2 aromatic heterocycles. The number of anilines is 3. The topological polar surface area (TPSA) is 61.3 Å². The van der Waals surface area contributed by atoms with Gasteiger partial charge in [0.05, 0.1) is 5.56 Å². The summed E-state index contributed by atoms with van der Waals surface area (Å²) in [6, 6.07) is 10.5. The van der Waals surface area contributed by atoms with E-state index in [2.05, 4.69) is 28.9 Å². The minimum absolute atomic E-state index is 0.0313. The molecule has 0 aliphatic carbocycles. The van der Waals surface area contributed by atoms with Gasteiger partial charge in [0.25, 0.3) is 0 Å². The summed E-state index contributed by atoms with van der Waals surface area (Å²) in [5.41, 5.74) is 1.40. The van der Waals surface area contributed by atoms with E-state index in [0.717, 1.165) is 31.1 Å². The third kappa shape index (κ3) is 5.47. The van der Waals surface area contributed by atoms with Crippen molar-refractivity contribution in [3.63, 3.8) is 0 Å². The molecule has 3 aromatic rings. The molecule has 1 aliphatic heterocycles. The number of alkyl halides is 3. The molecule has 1 aliphatic rings. The van der Waals surface area contributed by atoms with E-state index in [9.17, 15) is 13.2 Å². The third-order valence-corrected chi connectivity index (χ3v) is 6.21. The molecule has 0 bridgehead atoms. The second-order valence-electron chi connectivity index (χ2n) is 8.33. The molecule has 1 aromatic carbocycles. The van der Waals surface area contributed by atoms with Crippen molar-refractivity contribution in [2.45, 2.75) is 33.4 Å². The SMILES string of the molecule is CCc1cccc(-c2nc(N(CC)CC)nc(N3CCN(c4ncccc4C(F)(F)F)CC3)n2)c1. The maximum absolute atomic E-state index is 13.5. The monoisotopic (exact) mass is 485 g/mol. The molecule has 10 heteroatoms. The molecule has 0 N–H and O–H groups in total. The van der Waals surface area contributed by atoms with Gasteiger partial charge in [0.1, 0.15) is 5.82 Å². The largest absolute Gasteiger partial charge is 0.419 e. The van der Waals surface area contributed by atoms with Crippen LogP contribution in [0.4, 0.5) is 30.9 Å². The molecule has 0 unspecified atom stereocenters. The van der Waals surface area contributed by atoms with Crippen molar-refractivity contribution in [2.24, 2.45) is 0 Å². The number of aromatic nitrogens is 4. The lowest BCUT2D eigenvalue weighted by Gasteiger charge is -2.36. The van der Waals surface area contributed by atoms with Gasteiger partial charge in [-0.05, 0) is 44.0 Å². The summed E-state index contributed by atoms with van der Waals surface area (Å²) in [5, 5.41) is 0. The van der Waals surface area contributed by atoms with Crippen LogP contribution in [0.1, 0.15) is 31.9 Å². The van der Waals surface area contributed by atoms with Crippen molar-refractivity contribution in [1.29, 1.82) is 0 Å². The molecule has 186 valence electrons. The molecule has 0 saturated carbocycles. The molecule has 0 amide bonds. The van der Waals surface area contributed by atoms with Crippen molar-refractivity contribution in [1.82, 2.24) is 19.9 Å². The molecule has 7 nitrogen and oxygen atoms in total. The second kappa shape index (κ2) is 10.5. The highest BCUT2D eigenvalue weighted by atomic mass is 19.4. The average Bonchev–Trinajstić information content (AvgIpc) is 2.89. The van der Waals surface area contributed by atoms with Crippen LogP contribution in [0.15, 0.2) is 42.6 Å². The number of benzene rings is 1. The zero-order valence-corrected chi connectivity index (χ0v) is 20.3. The molecule has 0 atom stereocenters. The molecular weight excluding hydrogens is 455 g/mol. The Kier molecular flexibility index (Phi) is 7.37. The Balaban J connectivity index is 1.62. The summed E-state index contributed by atoms with van der Waals surface area (Å²) in [4.78, 5) is 24.0. The van der Waals surface area contributed by atoms with Crippen molar-refractivity contribution in [3.05, 3.63) is 53.7 Å². The minimum Gasteiger partial charge on any atom is -0.353 e. The smallest absolute Gasteiger partial charge is 0.353 e. The summed E-state index contributed by atoms with van der Waals surface area (Å²) in [6.07, 6.45) is -2.14. The predicted octanol–water partition coefficient (Wildman–Crippen LogP) is 4.69. The van der Waals surface area contributed by atoms with Gasteiger partial charge in [-0.3, -0.25) is 0 Å². The number of piperazine rings is 1. The lowest BCUT2D eigenvalue weighted by atomic mass is 10.1. The van der Waals surface area contributed by atoms with E-state index < -0.39 is 11.7 Å². The Hall–Kier alpha value is -3.43. The van der Waals surface area contributed by atoms with E-state index in [-0.39, 0.29) is 5.82 Å². The van der Waals surface area contributed by atoms with E-state index in [1.165, 1.54) is 17.8 Å². The first-order valence-corrected chi connectivity index (χ1v) is 12.0. The van der Waals surface area contributed by atoms with Crippen LogP contribution in [0, 0.1) is 0 Å². The van der Waals surface area contributed by atoms with E-state index in [4.69, 9.17) is 15.0 Å². The van der Waals surface area contributed by atoms with Gasteiger partial charge in [-0.1, -0.05) is 25.1 Å². The van der Waals surface area contributed by atoms with Crippen LogP contribution in [-0.4, -0.2) is 59.2 Å². The van der Waals surface area contributed by atoms with E-state index in [0.29, 0.717) is 43.9 Å². The van der Waals surface area contributed by atoms with Crippen LogP contribution in [0.25, 0.3) is 11.4 Å². The number of hydrogen-bond donors (Lipinski definition) is 0. The molecule has 0 radical (unpaired) electrons. The molecular formula is C25H30F3N7. The number of halogens is 3. The zero-order chi connectivity index (χ0) is 25.0. The van der Waals surface area contributed by atoms with Crippen LogP contribution >= 0.6 is 0 Å². The van der Waals surface area contributed by atoms with E-state index in [1.54, 1.807) is 4.90 Å². The van der Waals surface area contributed by atoms with Gasteiger partial charge in [0.15, 0.2) is 5.82 Å². The van der Waals surface area contributed by atoms with Crippen LogP contribution in [0.2, 0.25) is 0 Å². The Bertz CT molecular complexity index is 1140. The highest BCUT2D eigenvalue weighted by Crippen LogP contribution is 2.35. The highest BCUT2D eigenvalue weighted by Gasteiger charge is 2.36. The minimum atomic E-state index is -4.45. The maximum atomic E-state index is 13.5. The molecule has 3 heterocycles. The summed E-state index contributed by atoms with van der Waals surface area (Å²) in [5.74, 6) is 1.70. The van der Waals surface area contributed by atoms with Crippen molar-refractivity contribution in [3.8, 4) is 11.4 Å². The quantitative estimate of drug-likeness (QED) is 0.481. The van der Waals surface area contributed by atoms with Gasteiger partial charge >= 0.3 is 6.18 Å². The van der Waals surface area contributed by atoms with Crippen LogP contribution in [-0.2, 0) is 12.6 Å². The summed E-state index contributed by atoms with van der Waals surface area (Å²) in [6.45, 7) is 9.42. The predicted molar refractivity (Wildman–Crippen MR) is 132 cm³/mol. The average molecular weight is 486 g/mol. The molecule has 4 rings (SSSR count). The van der Waals surface area contributed by atoms with Crippen LogP contribution in [0.5, 0.6) is 0 Å². The van der Waals surface area contributed by atoms with Gasteiger partial charge in [-0.15, -0.1) is 0 Å². The summed E-state index contributed by atoms with van der Waals surface area (Å²) < 4.78 is 40.4. The first-order valence-electron chi connectivity index (χ1n) is 12.0. The molecule has 0 spiro atoms. The van der Waals surface area contributed by atoms with Crippen LogP contribution in [0.3, 0.4) is 0 Å². The van der Waals surface area contributed by atoms with Gasteiger partial charge in [-0.25, -0.2) is 4.98 Å². The highest BCUT2D eigenvalue weighted by molar-refractivity contribution is 5.60. The maximum Gasteiger partial charge on any atom is 0.419 e. The Morgan fingerprint density at radius 2 is 1.60 bits per heavy atom. The standard InChI is InChI=1S/C25H30F3N7/c1-4-18-9-7-10-19(17-18)21-30-23(33(5-2)6-3)32-24(31-21)35-15-13-34(14-16-35)22-20(25(26,27)28)11-8-12-29-22/h7-12,17H,4-6,13-16H2,1-3H3. The fraction of sp³-hybridized carbons (Fsp3) is 0.440. The van der Waals surface area contributed by atoms with Gasteiger partial charge in [0.2, 0.25) is 11.9 Å². The van der Waals surface area contributed by atoms with E-state index in [1.807, 2.05) is 30.9 Å². The van der Waals surface area contributed by atoms with Gasteiger partial charge < -0.3 is 14.7 Å². The Labute approximate surface area is 203 Å². The summed E-state index contributed by atoms with van der Waals surface area (Å²) >= 11 is 0. The number of hydrogen-bond acceptors (Lipinski definition) is 7. The van der Waals surface area contributed by atoms with Gasteiger partial charge in [0, 0.05) is 51.0 Å². The summed E-state index contributed by atoms with van der Waals surface area (Å²) in [7, 11) is 0. The zero-order valence-electron chi connectivity index (χ0n) is 20.3. The number of rotatable bonds is 7. The fourth-order valence-electron chi connectivity index (χ4n) is 4.19. The Morgan fingerprint density at radius 1 is 0.886 bits per heavy atom. The first kappa shape index (κ1) is 24.7. The van der Waals surface area contributed by atoms with Crippen molar-refractivity contribution < 1.29 is 13.2 Å². The molecule has 1 saturated heterocycles. The lowest BCUT2D eigenvalue weighted by Crippen LogP contribution is -2.48. The number of nitrogens with zero attached hydrogens (tertiary/aromatic N) is 7. The normalized spacial score (nSPS) is 14.3. The number of pyridine rings is 1.